The molecule has 0 radical (unpaired) electrons. The number of piperidine rings is 2. The highest BCUT2D eigenvalue weighted by Gasteiger charge is 2.13. The Hall–Kier alpha value is -0.830. The maximum Gasteiger partial charge on any atom is 0.245 e. The van der Waals surface area contributed by atoms with Crippen LogP contribution in [0.5, 0.6) is 0 Å². The topological polar surface area (TPSA) is 32.3 Å². The molecule has 1 amide bonds. The van der Waals surface area contributed by atoms with Gasteiger partial charge in [0.2, 0.25) is 5.91 Å². The van der Waals surface area contributed by atoms with Crippen LogP contribution in [0.2, 0.25) is 0 Å². The molecule has 2 fully saturated rings. The molecule has 3 heteroatoms. The van der Waals surface area contributed by atoms with E-state index in [-0.39, 0.29) is 5.91 Å². The van der Waals surface area contributed by atoms with Gasteiger partial charge in [0.05, 0.1) is 0 Å². The minimum Gasteiger partial charge on any atom is -0.339 e. The van der Waals surface area contributed by atoms with E-state index in [2.05, 4.69) is 25.7 Å². The minimum absolute atomic E-state index is 0.0831. The number of carbonyl (C=O) groups is 1. The Morgan fingerprint density at radius 2 is 1.67 bits per heavy atom. The summed E-state index contributed by atoms with van der Waals surface area (Å²) in [7, 11) is 0. The molecule has 2 rings (SSSR count). The second kappa shape index (κ2) is 8.30. The largest absolute Gasteiger partial charge is 0.339 e. The van der Waals surface area contributed by atoms with Crippen molar-refractivity contribution in [1.82, 2.24) is 10.2 Å². The van der Waals surface area contributed by atoms with E-state index < -0.39 is 0 Å². The van der Waals surface area contributed by atoms with Crippen LogP contribution in [-0.2, 0) is 4.79 Å². The lowest BCUT2D eigenvalue weighted by atomic mass is 10.0. The Morgan fingerprint density at radius 3 is 2.06 bits per heavy atom. The zero-order chi connectivity index (χ0) is 13.4. The average molecular weight is 252 g/mol. The maximum absolute atomic E-state index is 11.0. The van der Waals surface area contributed by atoms with Crippen molar-refractivity contribution in [2.75, 3.05) is 13.1 Å². The molecular weight excluding hydrogens is 224 g/mol. The zero-order valence-electron chi connectivity index (χ0n) is 12.0. The van der Waals surface area contributed by atoms with Gasteiger partial charge in [0, 0.05) is 25.2 Å². The van der Waals surface area contributed by atoms with Gasteiger partial charge in [-0.3, -0.25) is 4.79 Å². The van der Waals surface area contributed by atoms with Crippen LogP contribution in [0.1, 0.15) is 52.4 Å². The lowest BCUT2D eigenvalue weighted by Gasteiger charge is -2.25. The van der Waals surface area contributed by atoms with E-state index >= 15 is 0 Å². The van der Waals surface area contributed by atoms with E-state index in [1.54, 1.807) is 0 Å². The first-order chi connectivity index (χ1) is 8.63. The molecule has 104 valence electrons. The highest BCUT2D eigenvalue weighted by molar-refractivity contribution is 5.86. The number of nitrogens with zero attached hydrogens (tertiary/aromatic N) is 1. The van der Waals surface area contributed by atoms with Crippen molar-refractivity contribution >= 4 is 5.91 Å². The SMILES string of the molecule is C=CC(=O)N1CCCCC1.CC1CCCC(C)N1. The first-order valence-electron chi connectivity index (χ1n) is 7.31. The Bertz CT molecular complexity index is 251. The normalized spacial score (nSPS) is 28.0. The summed E-state index contributed by atoms with van der Waals surface area (Å²) in [4.78, 5) is 12.8. The van der Waals surface area contributed by atoms with E-state index in [4.69, 9.17) is 0 Å². The summed E-state index contributed by atoms with van der Waals surface area (Å²) in [6.07, 6.45) is 9.11. The molecule has 2 aliphatic heterocycles. The van der Waals surface area contributed by atoms with Crippen molar-refractivity contribution in [1.29, 1.82) is 0 Å². The zero-order valence-corrected chi connectivity index (χ0v) is 12.0. The summed E-state index contributed by atoms with van der Waals surface area (Å²) in [5, 5.41) is 3.48. The van der Waals surface area contributed by atoms with Gasteiger partial charge < -0.3 is 10.2 Å². The van der Waals surface area contributed by atoms with Crippen LogP contribution >= 0.6 is 0 Å². The predicted octanol–water partition coefficient (Wildman–Crippen LogP) is 2.72. The summed E-state index contributed by atoms with van der Waals surface area (Å²) in [5.41, 5.74) is 0. The van der Waals surface area contributed by atoms with Crippen molar-refractivity contribution in [3.63, 3.8) is 0 Å². The van der Waals surface area contributed by atoms with Gasteiger partial charge >= 0.3 is 0 Å². The highest BCUT2D eigenvalue weighted by Crippen LogP contribution is 2.10. The Labute approximate surface area is 112 Å². The molecule has 2 heterocycles. The Morgan fingerprint density at radius 1 is 1.11 bits per heavy atom. The number of amides is 1. The van der Waals surface area contributed by atoms with Gasteiger partial charge in [-0.05, 0) is 52.0 Å². The summed E-state index contributed by atoms with van der Waals surface area (Å²) in [6.45, 7) is 9.81. The second-order valence-electron chi connectivity index (χ2n) is 5.49. The van der Waals surface area contributed by atoms with Gasteiger partial charge in [-0.1, -0.05) is 13.0 Å². The van der Waals surface area contributed by atoms with E-state index in [1.807, 2.05) is 4.90 Å². The Balaban J connectivity index is 0.000000184. The lowest BCUT2D eigenvalue weighted by molar-refractivity contribution is -0.126. The molecule has 0 aromatic carbocycles. The monoisotopic (exact) mass is 252 g/mol. The Kier molecular flexibility index (Phi) is 7.02. The van der Waals surface area contributed by atoms with E-state index in [0.717, 1.165) is 38.0 Å². The molecule has 0 saturated carbocycles. The fourth-order valence-electron chi connectivity index (χ4n) is 2.63. The number of nitrogens with one attached hydrogen (secondary N) is 1. The summed E-state index contributed by atoms with van der Waals surface area (Å²) in [6, 6.07) is 1.53. The third-order valence-corrected chi connectivity index (χ3v) is 3.69. The molecule has 2 unspecified atom stereocenters. The van der Waals surface area contributed by atoms with Gasteiger partial charge in [0.15, 0.2) is 0 Å². The summed E-state index contributed by atoms with van der Waals surface area (Å²) in [5.74, 6) is 0.0831. The van der Waals surface area contributed by atoms with Gasteiger partial charge in [0.25, 0.3) is 0 Å². The standard InChI is InChI=1S/C8H13NO.C7H15N/c1-2-8(10)9-6-4-3-5-7-9;1-6-4-3-5-7(2)8-6/h2H,1,3-7H2;6-8H,3-5H2,1-2H3. The molecule has 0 bridgehead atoms. The lowest BCUT2D eigenvalue weighted by Crippen LogP contribution is -2.38. The second-order valence-corrected chi connectivity index (χ2v) is 5.49. The van der Waals surface area contributed by atoms with E-state index in [9.17, 15) is 4.79 Å². The van der Waals surface area contributed by atoms with Gasteiger partial charge in [0.1, 0.15) is 0 Å². The third kappa shape index (κ3) is 5.67. The molecule has 0 spiro atoms. The highest BCUT2D eigenvalue weighted by atomic mass is 16.2. The van der Waals surface area contributed by atoms with Crippen LogP contribution < -0.4 is 5.32 Å². The summed E-state index contributed by atoms with van der Waals surface area (Å²) < 4.78 is 0. The van der Waals surface area contributed by atoms with Crippen LogP contribution in [0.4, 0.5) is 0 Å². The van der Waals surface area contributed by atoms with Crippen molar-refractivity contribution < 1.29 is 4.79 Å². The molecule has 0 aromatic heterocycles. The predicted molar refractivity (Wildman–Crippen MR) is 76.5 cm³/mol. The fraction of sp³-hybridized carbons (Fsp3) is 0.800. The molecule has 3 nitrogen and oxygen atoms in total. The smallest absolute Gasteiger partial charge is 0.245 e. The molecule has 2 atom stereocenters. The molecule has 2 aliphatic rings. The number of hydrogen-bond donors (Lipinski definition) is 1. The average Bonchev–Trinajstić information content (AvgIpc) is 2.39. The quantitative estimate of drug-likeness (QED) is 0.728. The third-order valence-electron chi connectivity index (χ3n) is 3.69. The number of carbonyl (C=O) groups excluding carboxylic acids is 1. The molecule has 18 heavy (non-hydrogen) atoms. The van der Waals surface area contributed by atoms with Crippen LogP contribution in [-0.4, -0.2) is 36.0 Å². The first kappa shape index (κ1) is 15.2. The number of rotatable bonds is 1. The number of hydrogen-bond acceptors (Lipinski definition) is 2. The maximum atomic E-state index is 11.0. The number of likely N-dealkylation sites (tertiary alicyclic amines) is 1. The van der Waals surface area contributed by atoms with Crippen LogP contribution in [0.3, 0.4) is 0 Å². The van der Waals surface area contributed by atoms with E-state index in [1.165, 1.54) is 31.8 Å². The van der Waals surface area contributed by atoms with Crippen LogP contribution in [0.15, 0.2) is 12.7 Å². The summed E-state index contributed by atoms with van der Waals surface area (Å²) >= 11 is 0. The van der Waals surface area contributed by atoms with Gasteiger partial charge in [-0.2, -0.15) is 0 Å². The molecule has 1 N–H and O–H groups in total. The molecule has 2 saturated heterocycles. The molecule has 0 aromatic rings. The van der Waals surface area contributed by atoms with Crippen molar-refractivity contribution in [2.45, 2.75) is 64.5 Å². The fourth-order valence-corrected chi connectivity index (χ4v) is 2.63. The van der Waals surface area contributed by atoms with E-state index in [0.29, 0.717) is 0 Å². The molecule has 0 aliphatic carbocycles. The first-order valence-corrected chi connectivity index (χ1v) is 7.31. The minimum atomic E-state index is 0.0831. The van der Waals surface area contributed by atoms with Gasteiger partial charge in [-0.15, -0.1) is 0 Å². The van der Waals surface area contributed by atoms with Crippen molar-refractivity contribution in [3.8, 4) is 0 Å². The van der Waals surface area contributed by atoms with Crippen molar-refractivity contribution in [3.05, 3.63) is 12.7 Å². The van der Waals surface area contributed by atoms with Crippen molar-refractivity contribution in [2.24, 2.45) is 0 Å². The van der Waals surface area contributed by atoms with Crippen LogP contribution in [0, 0.1) is 0 Å². The van der Waals surface area contributed by atoms with Crippen LogP contribution in [0.25, 0.3) is 0 Å². The molecular formula is C15H28N2O. The van der Waals surface area contributed by atoms with Gasteiger partial charge in [-0.25, -0.2) is 0 Å².